The zero-order chi connectivity index (χ0) is 16.4. The third-order valence-corrected chi connectivity index (χ3v) is 4.25. The van der Waals surface area contributed by atoms with E-state index in [4.69, 9.17) is 9.15 Å². The van der Waals surface area contributed by atoms with Crippen molar-refractivity contribution in [1.82, 2.24) is 10.3 Å². The van der Waals surface area contributed by atoms with Crippen molar-refractivity contribution in [3.63, 3.8) is 0 Å². The summed E-state index contributed by atoms with van der Waals surface area (Å²) in [6.07, 6.45) is 3.77. The minimum absolute atomic E-state index is 0.114. The van der Waals surface area contributed by atoms with Gasteiger partial charge >= 0.3 is 0 Å². The molecule has 24 heavy (non-hydrogen) atoms. The molecule has 0 saturated carbocycles. The summed E-state index contributed by atoms with van der Waals surface area (Å²) >= 11 is 0. The van der Waals surface area contributed by atoms with Gasteiger partial charge in [0.15, 0.2) is 5.76 Å². The number of furan rings is 1. The Bertz CT molecular complexity index is 852. The van der Waals surface area contributed by atoms with E-state index >= 15 is 0 Å². The van der Waals surface area contributed by atoms with Crippen LogP contribution in [-0.4, -0.2) is 30.1 Å². The lowest BCUT2D eigenvalue weighted by atomic mass is 10.1. The lowest BCUT2D eigenvalue weighted by Gasteiger charge is -2.12. The van der Waals surface area contributed by atoms with Crippen LogP contribution in [0.2, 0.25) is 0 Å². The predicted octanol–water partition coefficient (Wildman–Crippen LogP) is 3.40. The highest BCUT2D eigenvalue weighted by molar-refractivity contribution is 6.07. The Labute approximate surface area is 139 Å². The third-order valence-electron chi connectivity index (χ3n) is 4.25. The Balaban J connectivity index is 1.68. The van der Waals surface area contributed by atoms with Gasteiger partial charge in [0.2, 0.25) is 0 Å². The number of benzene rings is 1. The normalized spacial score (nSPS) is 17.2. The summed E-state index contributed by atoms with van der Waals surface area (Å²) in [5.41, 5.74) is 2.03. The number of pyridine rings is 1. The molecular weight excluding hydrogens is 304 g/mol. The van der Waals surface area contributed by atoms with Gasteiger partial charge in [0.25, 0.3) is 5.91 Å². The Morgan fingerprint density at radius 2 is 2.17 bits per heavy atom. The van der Waals surface area contributed by atoms with E-state index in [0.29, 0.717) is 23.6 Å². The van der Waals surface area contributed by atoms with E-state index in [1.54, 1.807) is 12.3 Å². The summed E-state index contributed by atoms with van der Waals surface area (Å²) in [4.78, 5) is 17.3. The highest BCUT2D eigenvalue weighted by Crippen LogP contribution is 2.25. The summed E-state index contributed by atoms with van der Waals surface area (Å²) in [7, 11) is 0. The molecule has 0 radical (unpaired) electrons. The molecule has 0 spiro atoms. The van der Waals surface area contributed by atoms with Crippen molar-refractivity contribution in [2.24, 2.45) is 0 Å². The first-order chi connectivity index (χ1) is 11.8. The first-order valence-corrected chi connectivity index (χ1v) is 8.15. The molecule has 1 aliphatic rings. The lowest BCUT2D eigenvalue weighted by molar-refractivity contribution is 0.0859. The maximum atomic E-state index is 12.7. The quantitative estimate of drug-likeness (QED) is 0.799. The Morgan fingerprint density at radius 1 is 1.25 bits per heavy atom. The lowest BCUT2D eigenvalue weighted by Crippen LogP contribution is -2.31. The number of carbonyl (C=O) groups is 1. The van der Waals surface area contributed by atoms with Gasteiger partial charge < -0.3 is 14.5 Å². The molecule has 3 heterocycles. The van der Waals surface area contributed by atoms with Crippen molar-refractivity contribution >= 4 is 16.8 Å². The molecule has 3 aromatic rings. The Hall–Kier alpha value is -2.66. The van der Waals surface area contributed by atoms with E-state index in [1.807, 2.05) is 36.4 Å². The van der Waals surface area contributed by atoms with Gasteiger partial charge in [-0.2, -0.15) is 0 Å². The number of fused-ring (bicyclic) bond motifs is 1. The van der Waals surface area contributed by atoms with Crippen LogP contribution in [0, 0.1) is 0 Å². The number of nitrogens with one attached hydrogen (secondary N) is 1. The number of rotatable bonds is 4. The average Bonchev–Trinajstić information content (AvgIpc) is 3.32. The van der Waals surface area contributed by atoms with Crippen LogP contribution in [0.1, 0.15) is 23.2 Å². The first-order valence-electron chi connectivity index (χ1n) is 8.15. The van der Waals surface area contributed by atoms with E-state index in [1.165, 1.54) is 0 Å². The molecule has 1 amide bonds. The second-order valence-corrected chi connectivity index (χ2v) is 5.89. The number of ether oxygens (including phenoxy) is 1. The molecule has 2 aromatic heterocycles. The van der Waals surface area contributed by atoms with Crippen LogP contribution >= 0.6 is 0 Å². The molecule has 0 unspecified atom stereocenters. The number of aromatic nitrogens is 1. The number of hydrogen-bond donors (Lipinski definition) is 1. The monoisotopic (exact) mass is 322 g/mol. The van der Waals surface area contributed by atoms with Gasteiger partial charge in [-0.1, -0.05) is 18.2 Å². The van der Waals surface area contributed by atoms with Crippen molar-refractivity contribution in [2.75, 3.05) is 13.2 Å². The van der Waals surface area contributed by atoms with Crippen LogP contribution in [0.5, 0.6) is 0 Å². The van der Waals surface area contributed by atoms with E-state index in [-0.39, 0.29) is 12.0 Å². The molecule has 1 atom stereocenters. The number of carbonyl (C=O) groups excluding carboxylic acids is 1. The molecule has 1 fully saturated rings. The smallest absolute Gasteiger partial charge is 0.252 e. The second-order valence-electron chi connectivity index (χ2n) is 5.89. The fraction of sp³-hybridized carbons (Fsp3) is 0.263. The molecule has 1 aromatic carbocycles. The van der Waals surface area contributed by atoms with E-state index in [0.717, 1.165) is 30.4 Å². The SMILES string of the molecule is O=C(NC[C@H]1CCCO1)c1cc(-c2ccco2)nc2ccccc12. The predicted molar refractivity (Wildman–Crippen MR) is 90.8 cm³/mol. The van der Waals surface area contributed by atoms with Crippen LogP contribution < -0.4 is 5.32 Å². The largest absolute Gasteiger partial charge is 0.463 e. The van der Waals surface area contributed by atoms with Gasteiger partial charge in [-0.3, -0.25) is 4.79 Å². The minimum atomic E-state index is -0.114. The second kappa shape index (κ2) is 6.45. The van der Waals surface area contributed by atoms with Gasteiger partial charge in [0, 0.05) is 18.5 Å². The third kappa shape index (κ3) is 2.90. The maximum Gasteiger partial charge on any atom is 0.252 e. The van der Waals surface area contributed by atoms with Crippen LogP contribution in [-0.2, 0) is 4.74 Å². The first kappa shape index (κ1) is 14.9. The van der Waals surface area contributed by atoms with Crippen molar-refractivity contribution in [3.8, 4) is 11.5 Å². The molecule has 0 bridgehead atoms. The highest BCUT2D eigenvalue weighted by Gasteiger charge is 2.19. The molecule has 5 nitrogen and oxygen atoms in total. The summed E-state index contributed by atoms with van der Waals surface area (Å²) in [6.45, 7) is 1.31. The van der Waals surface area contributed by atoms with E-state index < -0.39 is 0 Å². The summed E-state index contributed by atoms with van der Waals surface area (Å²) in [5, 5.41) is 3.81. The van der Waals surface area contributed by atoms with Crippen molar-refractivity contribution in [2.45, 2.75) is 18.9 Å². The van der Waals surface area contributed by atoms with Crippen LogP contribution in [0.3, 0.4) is 0 Å². The molecule has 122 valence electrons. The highest BCUT2D eigenvalue weighted by atomic mass is 16.5. The van der Waals surface area contributed by atoms with E-state index in [9.17, 15) is 4.79 Å². The standard InChI is InChI=1S/C19H18N2O3/c22-19(20-12-13-5-3-9-23-13)15-11-17(18-8-4-10-24-18)21-16-7-2-1-6-14(15)16/h1-2,4,6-8,10-11,13H,3,5,9,12H2,(H,20,22)/t13-/m1/s1. The van der Waals surface area contributed by atoms with Crippen molar-refractivity contribution in [1.29, 1.82) is 0 Å². The molecular formula is C19H18N2O3. The molecule has 4 rings (SSSR count). The Kier molecular flexibility index (Phi) is 4.01. The fourth-order valence-electron chi connectivity index (χ4n) is 3.02. The summed E-state index contributed by atoms with van der Waals surface area (Å²) in [5.74, 6) is 0.533. The zero-order valence-electron chi connectivity index (χ0n) is 13.2. The fourth-order valence-corrected chi connectivity index (χ4v) is 3.02. The van der Waals surface area contributed by atoms with Gasteiger partial charge in [0.05, 0.1) is 23.4 Å². The minimum Gasteiger partial charge on any atom is -0.463 e. The van der Waals surface area contributed by atoms with Gasteiger partial charge in [-0.05, 0) is 37.1 Å². The number of amides is 1. The maximum absolute atomic E-state index is 12.7. The van der Waals surface area contributed by atoms with E-state index in [2.05, 4.69) is 10.3 Å². The summed E-state index contributed by atoms with van der Waals surface area (Å²) in [6, 6.07) is 13.1. The Morgan fingerprint density at radius 3 is 2.96 bits per heavy atom. The van der Waals surface area contributed by atoms with Crippen molar-refractivity contribution in [3.05, 3.63) is 54.3 Å². The topological polar surface area (TPSA) is 64.4 Å². The molecule has 5 heteroatoms. The van der Waals surface area contributed by atoms with Gasteiger partial charge in [-0.15, -0.1) is 0 Å². The number of para-hydroxylation sites is 1. The van der Waals surface area contributed by atoms with Gasteiger partial charge in [-0.25, -0.2) is 4.98 Å². The molecule has 1 N–H and O–H groups in total. The van der Waals surface area contributed by atoms with Crippen LogP contribution in [0.25, 0.3) is 22.4 Å². The van der Waals surface area contributed by atoms with Crippen molar-refractivity contribution < 1.29 is 13.9 Å². The molecule has 1 saturated heterocycles. The summed E-state index contributed by atoms with van der Waals surface area (Å²) < 4.78 is 11.0. The number of nitrogens with zero attached hydrogens (tertiary/aromatic N) is 1. The molecule has 0 aliphatic carbocycles. The average molecular weight is 322 g/mol. The zero-order valence-corrected chi connectivity index (χ0v) is 13.2. The van der Waals surface area contributed by atoms with Gasteiger partial charge in [0.1, 0.15) is 5.69 Å². The molecule has 1 aliphatic heterocycles. The van der Waals surface area contributed by atoms with Crippen LogP contribution in [0.15, 0.2) is 53.1 Å². The number of hydrogen-bond acceptors (Lipinski definition) is 4. The van der Waals surface area contributed by atoms with Crippen LogP contribution in [0.4, 0.5) is 0 Å².